The van der Waals surface area contributed by atoms with Crippen molar-refractivity contribution in [2.24, 2.45) is 5.41 Å². The second-order valence-electron chi connectivity index (χ2n) is 6.37. The highest BCUT2D eigenvalue weighted by atomic mass is 16.6. The van der Waals surface area contributed by atoms with Gasteiger partial charge in [0.25, 0.3) is 0 Å². The van der Waals surface area contributed by atoms with Gasteiger partial charge in [-0.15, -0.1) is 6.58 Å². The predicted molar refractivity (Wildman–Crippen MR) is 97.9 cm³/mol. The predicted octanol–water partition coefficient (Wildman–Crippen LogP) is 2.35. The van der Waals surface area contributed by atoms with Crippen molar-refractivity contribution in [1.29, 1.82) is 0 Å². The molecule has 146 valence electrons. The van der Waals surface area contributed by atoms with Gasteiger partial charge in [0, 0.05) is 13.1 Å². The highest BCUT2D eigenvalue weighted by molar-refractivity contribution is 6.05. The van der Waals surface area contributed by atoms with E-state index in [9.17, 15) is 14.4 Å². The number of carbonyl (C=O) groups excluding carboxylic acids is 3. The number of nitrogens with zero attached hydrogens (tertiary/aromatic N) is 1. The smallest absolute Gasteiger partial charge is 0.410 e. The third-order valence-corrected chi connectivity index (χ3v) is 4.53. The van der Waals surface area contributed by atoms with Gasteiger partial charge in [-0.1, -0.05) is 36.4 Å². The van der Waals surface area contributed by atoms with Crippen LogP contribution in [-0.4, -0.2) is 56.2 Å². The number of rotatable bonds is 8. The molecular formula is C20H25NO6. The van der Waals surface area contributed by atoms with Crippen molar-refractivity contribution in [3.05, 3.63) is 48.6 Å². The van der Waals surface area contributed by atoms with Gasteiger partial charge in [-0.25, -0.2) is 4.79 Å². The third-order valence-electron chi connectivity index (χ3n) is 4.53. The summed E-state index contributed by atoms with van der Waals surface area (Å²) >= 11 is 0. The van der Waals surface area contributed by atoms with Crippen molar-refractivity contribution < 1.29 is 28.6 Å². The average molecular weight is 375 g/mol. The zero-order valence-electron chi connectivity index (χ0n) is 15.5. The zero-order valence-corrected chi connectivity index (χ0v) is 15.5. The van der Waals surface area contributed by atoms with Gasteiger partial charge in [-0.2, -0.15) is 0 Å². The fraction of sp³-hybridized carbons (Fsp3) is 0.450. The maximum absolute atomic E-state index is 12.7. The molecule has 1 heterocycles. The Labute approximate surface area is 158 Å². The summed E-state index contributed by atoms with van der Waals surface area (Å²) in [5.41, 5.74) is -0.573. The van der Waals surface area contributed by atoms with Crippen molar-refractivity contribution in [1.82, 2.24) is 4.90 Å². The van der Waals surface area contributed by atoms with Crippen molar-refractivity contribution in [2.75, 3.05) is 33.4 Å². The Balaban J connectivity index is 2.06. The molecule has 7 nitrogen and oxygen atoms in total. The van der Waals surface area contributed by atoms with Crippen LogP contribution in [0.25, 0.3) is 0 Å². The number of piperidine rings is 1. The molecule has 1 aliphatic rings. The topological polar surface area (TPSA) is 82.1 Å². The second-order valence-corrected chi connectivity index (χ2v) is 6.37. The van der Waals surface area contributed by atoms with Gasteiger partial charge in [0.1, 0.15) is 18.6 Å². The molecule has 2 rings (SSSR count). The second kappa shape index (κ2) is 9.87. The number of carbonyl (C=O) groups is 3. The lowest BCUT2D eigenvalue weighted by Crippen LogP contribution is -2.55. The van der Waals surface area contributed by atoms with Gasteiger partial charge >= 0.3 is 12.1 Å². The summed E-state index contributed by atoms with van der Waals surface area (Å²) in [5.74, 6) is -1.06. The Bertz CT molecular complexity index is 674. The van der Waals surface area contributed by atoms with Gasteiger partial charge in [0.15, 0.2) is 5.78 Å². The van der Waals surface area contributed by atoms with E-state index in [2.05, 4.69) is 6.58 Å². The number of Topliss-reactive ketones (excluding diaryl/α,β-unsaturated/α-hetero) is 1. The van der Waals surface area contributed by atoms with Crippen molar-refractivity contribution in [2.45, 2.75) is 19.4 Å². The molecule has 1 unspecified atom stereocenters. The molecule has 0 bridgehead atoms. The quantitative estimate of drug-likeness (QED) is 0.300. The number of ether oxygens (including phenoxy) is 3. The number of esters is 1. The Morgan fingerprint density at radius 3 is 2.67 bits per heavy atom. The van der Waals surface area contributed by atoms with Crippen LogP contribution in [0.15, 0.2) is 43.0 Å². The average Bonchev–Trinajstić information content (AvgIpc) is 2.72. The molecule has 1 atom stereocenters. The van der Waals surface area contributed by atoms with E-state index in [-0.39, 0.29) is 26.4 Å². The van der Waals surface area contributed by atoms with E-state index in [0.29, 0.717) is 19.4 Å². The first-order chi connectivity index (χ1) is 13.0. The summed E-state index contributed by atoms with van der Waals surface area (Å²) < 4.78 is 15.4. The van der Waals surface area contributed by atoms with Gasteiger partial charge in [-0.05, 0) is 18.4 Å². The Kier molecular flexibility index (Phi) is 7.55. The van der Waals surface area contributed by atoms with E-state index < -0.39 is 23.3 Å². The minimum atomic E-state index is -1.43. The summed E-state index contributed by atoms with van der Waals surface area (Å²) in [5, 5.41) is 0. The van der Waals surface area contributed by atoms with Crippen LogP contribution in [0, 0.1) is 5.41 Å². The first-order valence-corrected chi connectivity index (χ1v) is 8.79. The molecule has 1 saturated heterocycles. The molecule has 1 amide bonds. The van der Waals surface area contributed by atoms with Crippen LogP contribution in [-0.2, 0) is 30.4 Å². The molecule has 1 aliphatic heterocycles. The first kappa shape index (κ1) is 20.6. The van der Waals surface area contributed by atoms with Crippen LogP contribution in [0.4, 0.5) is 4.79 Å². The molecule has 1 aromatic carbocycles. The fourth-order valence-corrected chi connectivity index (χ4v) is 3.10. The van der Waals surface area contributed by atoms with Crippen LogP contribution in [0.5, 0.6) is 0 Å². The van der Waals surface area contributed by atoms with E-state index in [1.165, 1.54) is 18.1 Å². The van der Waals surface area contributed by atoms with Crippen molar-refractivity contribution in [3.8, 4) is 0 Å². The molecule has 0 aromatic heterocycles. The third kappa shape index (κ3) is 5.17. The van der Waals surface area contributed by atoms with E-state index >= 15 is 0 Å². The molecule has 1 fully saturated rings. The SMILES string of the molecule is C=CCOCC(=O)C1(C(=O)OC)CCCN(C(=O)OCc2ccccc2)C1. The molecular weight excluding hydrogens is 350 g/mol. The summed E-state index contributed by atoms with van der Waals surface area (Å²) in [6, 6.07) is 9.29. The highest BCUT2D eigenvalue weighted by Gasteiger charge is 2.50. The molecule has 7 heteroatoms. The molecule has 0 N–H and O–H groups in total. The maximum Gasteiger partial charge on any atom is 0.410 e. The Hall–Kier alpha value is -2.67. The number of amides is 1. The minimum absolute atomic E-state index is 0.0798. The number of benzene rings is 1. The zero-order chi connectivity index (χ0) is 19.7. The van der Waals surface area contributed by atoms with Gasteiger partial charge < -0.3 is 19.1 Å². The number of hydrogen-bond donors (Lipinski definition) is 0. The van der Waals surface area contributed by atoms with Crippen LogP contribution in [0.3, 0.4) is 0 Å². The van der Waals surface area contributed by atoms with E-state index in [4.69, 9.17) is 14.2 Å². The lowest BCUT2D eigenvalue weighted by Gasteiger charge is -2.38. The normalized spacial score (nSPS) is 19.2. The van der Waals surface area contributed by atoms with Crippen LogP contribution in [0.1, 0.15) is 18.4 Å². The standard InChI is InChI=1S/C20H25NO6/c1-3-12-26-14-17(22)20(18(23)25-2)10-7-11-21(15-20)19(24)27-13-16-8-5-4-6-9-16/h3-6,8-9H,1,7,10-15H2,2H3. The van der Waals surface area contributed by atoms with E-state index in [1.807, 2.05) is 30.3 Å². The molecule has 0 aliphatic carbocycles. The molecule has 0 spiro atoms. The first-order valence-electron chi connectivity index (χ1n) is 8.79. The van der Waals surface area contributed by atoms with Gasteiger partial charge in [-0.3, -0.25) is 9.59 Å². The van der Waals surface area contributed by atoms with Crippen LogP contribution < -0.4 is 0 Å². The largest absolute Gasteiger partial charge is 0.468 e. The van der Waals surface area contributed by atoms with E-state index in [0.717, 1.165) is 5.56 Å². The fourth-order valence-electron chi connectivity index (χ4n) is 3.10. The lowest BCUT2D eigenvalue weighted by molar-refractivity contribution is -0.163. The molecule has 0 radical (unpaired) electrons. The number of hydrogen-bond acceptors (Lipinski definition) is 6. The van der Waals surface area contributed by atoms with Gasteiger partial charge in [0.05, 0.1) is 13.7 Å². The summed E-state index contributed by atoms with van der Waals surface area (Å²) in [7, 11) is 1.23. The highest BCUT2D eigenvalue weighted by Crippen LogP contribution is 2.33. The molecule has 1 aromatic rings. The number of likely N-dealkylation sites (tertiary alicyclic amines) is 1. The monoisotopic (exact) mass is 375 g/mol. The van der Waals surface area contributed by atoms with Crippen molar-refractivity contribution in [3.63, 3.8) is 0 Å². The summed E-state index contributed by atoms with van der Waals surface area (Å²) in [6.07, 6.45) is 1.75. The number of ketones is 1. The van der Waals surface area contributed by atoms with E-state index in [1.54, 1.807) is 0 Å². The Morgan fingerprint density at radius 2 is 2.00 bits per heavy atom. The van der Waals surface area contributed by atoms with Crippen LogP contribution >= 0.6 is 0 Å². The lowest BCUT2D eigenvalue weighted by atomic mass is 9.76. The molecule has 27 heavy (non-hydrogen) atoms. The molecule has 0 saturated carbocycles. The van der Waals surface area contributed by atoms with Gasteiger partial charge in [0.2, 0.25) is 0 Å². The summed E-state index contributed by atoms with van der Waals surface area (Å²) in [6.45, 7) is 3.93. The van der Waals surface area contributed by atoms with Crippen LogP contribution in [0.2, 0.25) is 0 Å². The number of methoxy groups -OCH3 is 1. The minimum Gasteiger partial charge on any atom is -0.468 e. The Morgan fingerprint density at radius 1 is 1.26 bits per heavy atom. The maximum atomic E-state index is 12.7. The summed E-state index contributed by atoms with van der Waals surface area (Å²) in [4.78, 5) is 38.9. The van der Waals surface area contributed by atoms with Crippen molar-refractivity contribution >= 4 is 17.8 Å².